The van der Waals surface area contributed by atoms with Crippen molar-refractivity contribution in [3.8, 4) is 0 Å². The number of carbonyl (C=O) groups excluding carboxylic acids is 1. The van der Waals surface area contributed by atoms with Crippen LogP contribution < -0.4 is 10.6 Å². The third kappa shape index (κ3) is 8.27. The number of hydrogen-bond acceptors (Lipinski definition) is 9. The quantitative estimate of drug-likeness (QED) is 0.370. The Bertz CT molecular complexity index is 859. The molecule has 10 heteroatoms. The van der Waals surface area contributed by atoms with Crippen molar-refractivity contribution >= 4 is 29.0 Å². The SMILES string of the molecule is COCCCNc1ncc(N=Nc2cccc(C(=O)N(C)C)c2)c(NCCCOC)n1. The van der Waals surface area contributed by atoms with Crippen LogP contribution in [0.25, 0.3) is 0 Å². The van der Waals surface area contributed by atoms with Crippen molar-refractivity contribution in [2.24, 2.45) is 10.2 Å². The first-order valence-electron chi connectivity index (χ1n) is 10.1. The van der Waals surface area contributed by atoms with Gasteiger partial charge in [-0.3, -0.25) is 4.79 Å². The van der Waals surface area contributed by atoms with Crippen LogP contribution in [-0.2, 0) is 9.47 Å². The fraction of sp³-hybridized carbons (Fsp3) is 0.476. The van der Waals surface area contributed by atoms with Gasteiger partial charge in [-0.2, -0.15) is 10.1 Å². The standard InChI is InChI=1S/C21H31N7O3/c1-28(2)20(29)16-8-5-9-17(14-16)26-27-18-15-24-21(23-11-7-13-31-4)25-19(18)22-10-6-12-30-3/h5,8-9,14-15H,6-7,10-13H2,1-4H3,(H2,22,23,24,25). The van der Waals surface area contributed by atoms with Gasteiger partial charge < -0.3 is 25.0 Å². The first-order chi connectivity index (χ1) is 15.0. The second-order valence-electron chi connectivity index (χ2n) is 6.92. The van der Waals surface area contributed by atoms with E-state index in [9.17, 15) is 4.79 Å². The molecule has 0 spiro atoms. The van der Waals surface area contributed by atoms with E-state index in [0.29, 0.717) is 55.0 Å². The first kappa shape index (κ1) is 24.2. The third-order valence-electron chi connectivity index (χ3n) is 4.17. The lowest BCUT2D eigenvalue weighted by Crippen LogP contribution is -2.21. The summed E-state index contributed by atoms with van der Waals surface area (Å²) in [5.41, 5.74) is 1.62. The summed E-state index contributed by atoms with van der Waals surface area (Å²) in [5, 5.41) is 15.0. The summed E-state index contributed by atoms with van der Waals surface area (Å²) in [5.74, 6) is 0.984. The highest BCUT2D eigenvalue weighted by Crippen LogP contribution is 2.26. The molecule has 0 aliphatic carbocycles. The minimum Gasteiger partial charge on any atom is -0.385 e. The average Bonchev–Trinajstić information content (AvgIpc) is 2.78. The summed E-state index contributed by atoms with van der Waals surface area (Å²) in [6, 6.07) is 7.01. The summed E-state index contributed by atoms with van der Waals surface area (Å²) in [6.45, 7) is 2.67. The Morgan fingerprint density at radius 1 is 1.06 bits per heavy atom. The van der Waals surface area contributed by atoms with Crippen LogP contribution in [0, 0.1) is 0 Å². The van der Waals surface area contributed by atoms with Gasteiger partial charge in [-0.25, -0.2) is 4.98 Å². The van der Waals surface area contributed by atoms with E-state index in [1.54, 1.807) is 58.8 Å². The Morgan fingerprint density at radius 3 is 2.45 bits per heavy atom. The Morgan fingerprint density at radius 2 is 1.77 bits per heavy atom. The number of ether oxygens (including phenoxy) is 2. The maximum Gasteiger partial charge on any atom is 0.253 e. The summed E-state index contributed by atoms with van der Waals surface area (Å²) in [7, 11) is 6.76. The Hall–Kier alpha value is -3.11. The van der Waals surface area contributed by atoms with Crippen LogP contribution in [0.5, 0.6) is 0 Å². The second-order valence-corrected chi connectivity index (χ2v) is 6.92. The fourth-order valence-electron chi connectivity index (χ4n) is 2.57. The van der Waals surface area contributed by atoms with Crippen molar-refractivity contribution < 1.29 is 14.3 Å². The number of amides is 1. The van der Waals surface area contributed by atoms with Crippen LogP contribution in [0.2, 0.25) is 0 Å². The lowest BCUT2D eigenvalue weighted by molar-refractivity contribution is 0.0827. The number of rotatable bonds is 13. The molecule has 0 unspecified atom stereocenters. The van der Waals surface area contributed by atoms with Crippen molar-refractivity contribution in [1.29, 1.82) is 0 Å². The topological polar surface area (TPSA) is 113 Å². The van der Waals surface area contributed by atoms with Gasteiger partial charge in [-0.05, 0) is 31.0 Å². The van der Waals surface area contributed by atoms with E-state index >= 15 is 0 Å². The summed E-state index contributed by atoms with van der Waals surface area (Å²) < 4.78 is 10.1. The van der Waals surface area contributed by atoms with Gasteiger partial charge in [-0.1, -0.05) is 6.07 Å². The Labute approximate surface area is 183 Å². The maximum absolute atomic E-state index is 12.2. The van der Waals surface area contributed by atoms with E-state index in [0.717, 1.165) is 12.8 Å². The predicted molar refractivity (Wildman–Crippen MR) is 121 cm³/mol. The molecule has 1 aromatic carbocycles. The van der Waals surface area contributed by atoms with Crippen molar-refractivity contribution in [2.45, 2.75) is 12.8 Å². The molecule has 0 saturated carbocycles. The second kappa shape index (κ2) is 13.2. The molecule has 2 aromatic rings. The third-order valence-corrected chi connectivity index (χ3v) is 4.17. The molecule has 31 heavy (non-hydrogen) atoms. The average molecular weight is 430 g/mol. The molecule has 1 amide bonds. The summed E-state index contributed by atoms with van der Waals surface area (Å²) in [4.78, 5) is 22.5. The highest BCUT2D eigenvalue weighted by molar-refractivity contribution is 5.94. The lowest BCUT2D eigenvalue weighted by atomic mass is 10.2. The normalized spacial score (nSPS) is 11.0. The number of nitrogens with zero attached hydrogens (tertiary/aromatic N) is 5. The van der Waals surface area contributed by atoms with Crippen molar-refractivity contribution in [3.05, 3.63) is 36.0 Å². The molecule has 1 aromatic heterocycles. The molecular formula is C21H31N7O3. The number of aromatic nitrogens is 2. The number of anilines is 2. The van der Waals surface area contributed by atoms with Crippen molar-refractivity contribution in [2.75, 3.05) is 65.3 Å². The van der Waals surface area contributed by atoms with Crippen LogP contribution in [0.3, 0.4) is 0 Å². The smallest absolute Gasteiger partial charge is 0.253 e. The van der Waals surface area contributed by atoms with Crippen molar-refractivity contribution in [3.63, 3.8) is 0 Å². The molecule has 10 nitrogen and oxygen atoms in total. The number of carbonyl (C=O) groups is 1. The molecule has 0 bridgehead atoms. The maximum atomic E-state index is 12.2. The minimum absolute atomic E-state index is 0.0928. The molecule has 0 radical (unpaired) electrons. The van der Waals surface area contributed by atoms with Gasteiger partial charge in [0.25, 0.3) is 5.91 Å². The van der Waals surface area contributed by atoms with E-state index in [-0.39, 0.29) is 5.91 Å². The number of benzene rings is 1. The Kier molecular flexibility index (Phi) is 10.3. The monoisotopic (exact) mass is 429 g/mol. The van der Waals surface area contributed by atoms with Crippen LogP contribution in [-0.4, -0.2) is 75.4 Å². The first-order valence-corrected chi connectivity index (χ1v) is 10.1. The van der Waals surface area contributed by atoms with Crippen LogP contribution in [0.1, 0.15) is 23.2 Å². The van der Waals surface area contributed by atoms with E-state index in [2.05, 4.69) is 30.8 Å². The van der Waals surface area contributed by atoms with Crippen molar-refractivity contribution in [1.82, 2.24) is 14.9 Å². The zero-order chi connectivity index (χ0) is 22.5. The van der Waals surface area contributed by atoms with Gasteiger partial charge in [0.15, 0.2) is 5.82 Å². The number of nitrogens with one attached hydrogen (secondary N) is 2. The van der Waals surface area contributed by atoms with E-state index in [1.165, 1.54) is 4.90 Å². The Balaban J connectivity index is 2.16. The number of azo groups is 1. The van der Waals surface area contributed by atoms with Gasteiger partial charge in [0.2, 0.25) is 5.95 Å². The predicted octanol–water partition coefficient (Wildman–Crippen LogP) is 3.49. The van der Waals surface area contributed by atoms with Gasteiger partial charge in [0.1, 0.15) is 5.69 Å². The molecule has 2 N–H and O–H groups in total. The molecule has 1 heterocycles. The fourth-order valence-corrected chi connectivity index (χ4v) is 2.57. The molecular weight excluding hydrogens is 398 g/mol. The zero-order valence-electron chi connectivity index (χ0n) is 18.6. The molecule has 0 aliphatic rings. The van der Waals surface area contributed by atoms with Crippen LogP contribution >= 0.6 is 0 Å². The van der Waals surface area contributed by atoms with E-state index in [1.807, 2.05) is 0 Å². The zero-order valence-corrected chi connectivity index (χ0v) is 18.6. The largest absolute Gasteiger partial charge is 0.385 e. The number of methoxy groups -OCH3 is 2. The summed E-state index contributed by atoms with van der Waals surface area (Å²) in [6.07, 6.45) is 3.28. The van der Waals surface area contributed by atoms with Gasteiger partial charge in [0, 0.05) is 60.2 Å². The number of hydrogen-bond donors (Lipinski definition) is 2. The highest BCUT2D eigenvalue weighted by Gasteiger charge is 2.09. The molecule has 168 valence electrons. The van der Waals surface area contributed by atoms with Crippen LogP contribution in [0.15, 0.2) is 40.7 Å². The molecule has 0 saturated heterocycles. The molecule has 2 rings (SSSR count). The lowest BCUT2D eigenvalue weighted by Gasteiger charge is -2.11. The van der Waals surface area contributed by atoms with E-state index in [4.69, 9.17) is 9.47 Å². The van der Waals surface area contributed by atoms with Gasteiger partial charge >= 0.3 is 0 Å². The molecule has 0 fully saturated rings. The van der Waals surface area contributed by atoms with E-state index < -0.39 is 0 Å². The molecule has 0 atom stereocenters. The van der Waals surface area contributed by atoms with Crippen LogP contribution in [0.4, 0.5) is 23.1 Å². The van der Waals surface area contributed by atoms with Gasteiger partial charge in [-0.15, -0.1) is 5.11 Å². The molecule has 0 aliphatic heterocycles. The summed E-state index contributed by atoms with van der Waals surface area (Å²) >= 11 is 0. The van der Waals surface area contributed by atoms with Gasteiger partial charge in [0.05, 0.1) is 11.9 Å². The highest BCUT2D eigenvalue weighted by atomic mass is 16.5. The minimum atomic E-state index is -0.0928.